The van der Waals surface area contributed by atoms with Gasteiger partial charge in [0.2, 0.25) is 0 Å². The topological polar surface area (TPSA) is 127 Å². The van der Waals surface area contributed by atoms with Crippen molar-refractivity contribution in [1.29, 1.82) is 0 Å². The Morgan fingerprint density at radius 2 is 0.583 bits per heavy atom. The van der Waals surface area contributed by atoms with Crippen LogP contribution >= 0.6 is 0 Å². The van der Waals surface area contributed by atoms with Crippen LogP contribution in [0.2, 0.25) is 0 Å². The molecule has 0 aromatic heterocycles. The number of amides is 4. The molecule has 394 valence electrons. The molecule has 0 aliphatic rings. The van der Waals surface area contributed by atoms with Crippen molar-refractivity contribution >= 4 is 24.4 Å². The quantitative estimate of drug-likeness (QED) is 0.0347. The molecule has 0 aliphatic carbocycles. The van der Waals surface area contributed by atoms with Crippen molar-refractivity contribution in [3.05, 3.63) is 144 Å². The van der Waals surface area contributed by atoms with Crippen molar-refractivity contribution in [2.24, 2.45) is 0 Å². The summed E-state index contributed by atoms with van der Waals surface area (Å²) < 4.78 is 22.6. The Bertz CT molecular complexity index is 1990. The molecule has 0 saturated carbocycles. The highest BCUT2D eigenvalue weighted by molar-refractivity contribution is 5.68. The lowest BCUT2D eigenvalue weighted by Gasteiger charge is -2.23. The van der Waals surface area contributed by atoms with Gasteiger partial charge in [-0.25, -0.2) is 19.2 Å². The summed E-state index contributed by atoms with van der Waals surface area (Å²) in [5, 5.41) is 2.84. The summed E-state index contributed by atoms with van der Waals surface area (Å²) in [5.74, 6) is 0. The van der Waals surface area contributed by atoms with Crippen molar-refractivity contribution in [3.63, 3.8) is 0 Å². The van der Waals surface area contributed by atoms with Gasteiger partial charge >= 0.3 is 24.4 Å². The Balaban J connectivity index is 1.14. The molecule has 4 amide bonds. The summed E-state index contributed by atoms with van der Waals surface area (Å²) in [5.41, 5.74) is 3.87. The Morgan fingerprint density at radius 1 is 0.333 bits per heavy atom. The minimum absolute atomic E-state index is 0.235. The van der Waals surface area contributed by atoms with Crippen LogP contribution in [0, 0.1) is 0 Å². The van der Waals surface area contributed by atoms with Crippen LogP contribution in [0.5, 0.6) is 0 Å². The van der Waals surface area contributed by atoms with Gasteiger partial charge in [-0.15, -0.1) is 0 Å². The number of rotatable bonds is 38. The van der Waals surface area contributed by atoms with Crippen LogP contribution < -0.4 is 5.32 Å². The summed E-state index contributed by atoms with van der Waals surface area (Å²) in [4.78, 5) is 57.5. The van der Waals surface area contributed by atoms with Crippen molar-refractivity contribution in [2.45, 2.75) is 162 Å². The van der Waals surface area contributed by atoms with Gasteiger partial charge in [-0.1, -0.05) is 212 Å². The average molecular weight is 991 g/mol. The van der Waals surface area contributed by atoms with Crippen LogP contribution in [0.3, 0.4) is 0 Å². The highest BCUT2D eigenvalue weighted by atomic mass is 16.6. The van der Waals surface area contributed by atoms with Crippen molar-refractivity contribution < 1.29 is 38.1 Å². The van der Waals surface area contributed by atoms with Gasteiger partial charge in [-0.3, -0.25) is 0 Å². The van der Waals surface area contributed by atoms with Crippen LogP contribution in [-0.2, 0) is 45.4 Å². The van der Waals surface area contributed by atoms with Gasteiger partial charge in [0, 0.05) is 45.8 Å². The normalized spacial score (nSPS) is 10.8. The van der Waals surface area contributed by atoms with E-state index in [1.807, 2.05) is 136 Å². The average Bonchev–Trinajstić information content (AvgIpc) is 3.42. The maximum Gasteiger partial charge on any atom is 0.410 e. The molecule has 12 heteroatoms. The third kappa shape index (κ3) is 27.5. The first-order chi connectivity index (χ1) is 35.4. The molecule has 0 unspecified atom stereocenters. The molecule has 0 fully saturated rings. The highest BCUT2D eigenvalue weighted by Crippen LogP contribution is 2.15. The largest absolute Gasteiger partial charge is 0.445 e. The third-order valence-electron chi connectivity index (χ3n) is 12.7. The molecule has 0 atom stereocenters. The predicted octanol–water partition coefficient (Wildman–Crippen LogP) is 14.7. The predicted molar refractivity (Wildman–Crippen MR) is 287 cm³/mol. The molecule has 4 aromatic rings. The fourth-order valence-corrected chi connectivity index (χ4v) is 8.42. The first-order valence-corrected chi connectivity index (χ1v) is 27.2. The monoisotopic (exact) mass is 991 g/mol. The lowest BCUT2D eigenvalue weighted by Crippen LogP contribution is -2.34. The zero-order chi connectivity index (χ0) is 50.9. The SMILES string of the molecule is CCCCCCCN(CCCCCCCN(CCCCCCCN(CCCCCCCNC(=O)OCc1ccccc1)C(=O)OCc1ccccc1)C(=O)OCc1ccccc1)C(=O)OCc1ccccc1. The maximum atomic E-state index is 13.4. The summed E-state index contributed by atoms with van der Waals surface area (Å²) in [6, 6.07) is 39.0. The Morgan fingerprint density at radius 3 is 0.875 bits per heavy atom. The molecule has 12 nitrogen and oxygen atoms in total. The zero-order valence-electron chi connectivity index (χ0n) is 43.6. The Labute approximate surface area is 432 Å². The van der Waals surface area contributed by atoms with Crippen molar-refractivity contribution in [2.75, 3.05) is 45.8 Å². The summed E-state index contributed by atoms with van der Waals surface area (Å²) in [7, 11) is 0. The van der Waals surface area contributed by atoms with E-state index in [0.717, 1.165) is 138 Å². The smallest absolute Gasteiger partial charge is 0.410 e. The van der Waals surface area contributed by atoms with Gasteiger partial charge in [0.05, 0.1) is 0 Å². The van der Waals surface area contributed by atoms with E-state index in [1.165, 1.54) is 19.3 Å². The van der Waals surface area contributed by atoms with Crippen LogP contribution in [0.25, 0.3) is 0 Å². The number of unbranched alkanes of at least 4 members (excludes halogenated alkanes) is 16. The zero-order valence-corrected chi connectivity index (χ0v) is 43.6. The first-order valence-electron chi connectivity index (χ1n) is 27.2. The first kappa shape index (κ1) is 58.5. The van der Waals surface area contributed by atoms with Gasteiger partial charge in [0.15, 0.2) is 0 Å². The number of hydrogen-bond donors (Lipinski definition) is 1. The second kappa shape index (κ2) is 38.6. The number of ether oxygens (including phenoxy) is 4. The van der Waals surface area contributed by atoms with E-state index in [1.54, 1.807) is 0 Å². The number of hydrogen-bond acceptors (Lipinski definition) is 8. The van der Waals surface area contributed by atoms with E-state index in [-0.39, 0.29) is 44.7 Å². The molecule has 4 rings (SSSR count). The molecule has 0 spiro atoms. The van der Waals surface area contributed by atoms with E-state index in [0.29, 0.717) is 39.3 Å². The minimum atomic E-state index is -0.400. The van der Waals surface area contributed by atoms with Crippen LogP contribution in [-0.4, -0.2) is 84.9 Å². The lowest BCUT2D eigenvalue weighted by molar-refractivity contribution is 0.0940. The molecule has 1 N–H and O–H groups in total. The molecule has 0 heterocycles. The number of benzene rings is 4. The van der Waals surface area contributed by atoms with Gasteiger partial charge in [-0.05, 0) is 67.2 Å². The maximum absolute atomic E-state index is 13.4. The molecule has 0 radical (unpaired) electrons. The second-order valence-electron chi connectivity index (χ2n) is 18.8. The standard InChI is InChI=1S/C60H86N4O8/c1-2-3-4-9-28-43-62(58(66)70-50-54-36-21-16-22-37-54)45-30-11-6-13-32-47-64(60(68)72-52-56-40-25-18-26-41-56)48-33-14-7-12-31-46-63(59(67)71-51-55-38-23-17-24-39-55)44-29-10-5-8-27-42-61-57(65)69-49-53-34-19-15-20-35-53/h15-26,34-41H,2-14,27-33,42-52H2,1H3,(H,61,65). The number of carbonyl (C=O) groups excluding carboxylic acids is 4. The van der Waals surface area contributed by atoms with E-state index >= 15 is 0 Å². The Hall–Kier alpha value is -6.04. The van der Waals surface area contributed by atoms with Crippen LogP contribution in [0.1, 0.15) is 158 Å². The number of alkyl carbamates (subject to hydrolysis) is 1. The van der Waals surface area contributed by atoms with Gasteiger partial charge < -0.3 is 39.0 Å². The number of nitrogens with zero attached hydrogens (tertiary/aromatic N) is 3. The highest BCUT2D eigenvalue weighted by Gasteiger charge is 2.18. The molecule has 0 aliphatic heterocycles. The van der Waals surface area contributed by atoms with E-state index in [4.69, 9.17) is 18.9 Å². The van der Waals surface area contributed by atoms with Crippen molar-refractivity contribution in [1.82, 2.24) is 20.0 Å². The van der Waals surface area contributed by atoms with Crippen molar-refractivity contribution in [3.8, 4) is 0 Å². The summed E-state index contributed by atoms with van der Waals surface area (Å²) >= 11 is 0. The fourth-order valence-electron chi connectivity index (χ4n) is 8.42. The van der Waals surface area contributed by atoms with Crippen LogP contribution in [0.15, 0.2) is 121 Å². The molecule has 0 saturated heterocycles. The molecular weight excluding hydrogens is 905 g/mol. The summed E-state index contributed by atoms with van der Waals surface area (Å²) in [6.07, 6.45) is 18.8. The number of carbonyl (C=O) groups is 4. The van der Waals surface area contributed by atoms with Gasteiger partial charge in [-0.2, -0.15) is 0 Å². The molecule has 0 bridgehead atoms. The van der Waals surface area contributed by atoms with E-state index in [9.17, 15) is 19.2 Å². The second-order valence-corrected chi connectivity index (χ2v) is 18.8. The minimum Gasteiger partial charge on any atom is -0.445 e. The van der Waals surface area contributed by atoms with Gasteiger partial charge in [0.25, 0.3) is 0 Å². The number of nitrogens with one attached hydrogen (secondary N) is 1. The summed E-state index contributed by atoms with van der Waals surface area (Å²) in [6.45, 7) is 7.77. The lowest BCUT2D eigenvalue weighted by atomic mass is 10.1. The molecule has 4 aromatic carbocycles. The Kier molecular flexibility index (Phi) is 31.4. The third-order valence-corrected chi connectivity index (χ3v) is 12.7. The fraction of sp³-hybridized carbons (Fsp3) is 0.533. The molecule has 72 heavy (non-hydrogen) atoms. The molecular formula is C60H86N4O8. The van der Waals surface area contributed by atoms with Gasteiger partial charge in [0.1, 0.15) is 26.4 Å². The van der Waals surface area contributed by atoms with Crippen LogP contribution in [0.4, 0.5) is 19.2 Å². The van der Waals surface area contributed by atoms with E-state index < -0.39 is 6.09 Å². The van der Waals surface area contributed by atoms with E-state index in [2.05, 4.69) is 12.2 Å².